The fourth-order valence-electron chi connectivity index (χ4n) is 4.91. The summed E-state index contributed by atoms with van der Waals surface area (Å²) in [6.07, 6.45) is 4.40. The Hall–Kier alpha value is -3.04. The molecule has 1 unspecified atom stereocenters. The number of rotatable bonds is 7. The van der Waals surface area contributed by atoms with Crippen LogP contribution in [0.15, 0.2) is 41.2 Å². The van der Waals surface area contributed by atoms with Crippen molar-refractivity contribution in [1.82, 2.24) is 14.4 Å². The topological polar surface area (TPSA) is 54.8 Å². The van der Waals surface area contributed by atoms with E-state index in [4.69, 9.17) is 4.74 Å². The molecule has 2 heterocycles. The number of carbonyl (C=O) groups excluding carboxylic acids is 1. The average Bonchev–Trinajstić information content (AvgIpc) is 3.70. The highest BCUT2D eigenvalue weighted by Gasteiger charge is 2.25. The highest BCUT2D eigenvalue weighted by atomic mass is 16.5. The second kappa shape index (κ2) is 11.3. The minimum absolute atomic E-state index is 0.0350. The van der Waals surface area contributed by atoms with E-state index in [-0.39, 0.29) is 36.1 Å². The molecular formula is C30H39N3O3. The van der Waals surface area contributed by atoms with Gasteiger partial charge in [0, 0.05) is 48.3 Å². The number of ether oxygens (including phenoxy) is 1. The first kappa shape index (κ1) is 26.0. The third-order valence-electron chi connectivity index (χ3n) is 7.79. The van der Waals surface area contributed by atoms with Gasteiger partial charge in [-0.1, -0.05) is 30.9 Å². The van der Waals surface area contributed by atoms with E-state index in [2.05, 4.69) is 61.9 Å². The molecule has 2 fully saturated rings. The molecule has 36 heavy (non-hydrogen) atoms. The van der Waals surface area contributed by atoms with E-state index < -0.39 is 0 Å². The van der Waals surface area contributed by atoms with Crippen LogP contribution in [0.3, 0.4) is 0 Å². The lowest BCUT2D eigenvalue weighted by Crippen LogP contribution is -2.45. The van der Waals surface area contributed by atoms with Crippen LogP contribution in [0.4, 0.5) is 0 Å². The molecule has 2 atom stereocenters. The van der Waals surface area contributed by atoms with Crippen LogP contribution < -0.4 is 10.3 Å². The first-order valence-corrected chi connectivity index (χ1v) is 13.1. The fourth-order valence-corrected chi connectivity index (χ4v) is 4.91. The van der Waals surface area contributed by atoms with Gasteiger partial charge in [0.05, 0.1) is 0 Å². The predicted octanol–water partition coefficient (Wildman–Crippen LogP) is 4.21. The Morgan fingerprint density at radius 1 is 1.11 bits per heavy atom. The third-order valence-corrected chi connectivity index (χ3v) is 7.79. The van der Waals surface area contributed by atoms with Gasteiger partial charge in [0.25, 0.3) is 11.5 Å². The van der Waals surface area contributed by atoms with Crippen LogP contribution >= 0.6 is 0 Å². The van der Waals surface area contributed by atoms with Crippen LogP contribution in [-0.2, 0) is 4.79 Å². The number of hydrogen-bond donors (Lipinski definition) is 0. The summed E-state index contributed by atoms with van der Waals surface area (Å²) in [6.45, 7) is 8.06. The minimum atomic E-state index is -0.118. The van der Waals surface area contributed by atoms with Crippen molar-refractivity contribution in [3.8, 4) is 17.6 Å². The number of likely N-dealkylation sites (tertiary alicyclic amines) is 1. The Kier molecular flexibility index (Phi) is 8.21. The molecule has 192 valence electrons. The maximum Gasteiger partial charge on any atom is 0.260 e. The van der Waals surface area contributed by atoms with Gasteiger partial charge in [-0.15, -0.1) is 0 Å². The van der Waals surface area contributed by atoms with Crippen LogP contribution in [-0.4, -0.2) is 60.1 Å². The van der Waals surface area contributed by atoms with Gasteiger partial charge < -0.3 is 19.1 Å². The molecule has 2 aliphatic rings. The van der Waals surface area contributed by atoms with Crippen molar-refractivity contribution in [3.63, 3.8) is 0 Å². The van der Waals surface area contributed by atoms with E-state index in [1.807, 2.05) is 24.6 Å². The van der Waals surface area contributed by atoms with Crippen LogP contribution in [0.1, 0.15) is 68.3 Å². The molecule has 2 aromatic rings. The van der Waals surface area contributed by atoms with Crippen LogP contribution in [0.25, 0.3) is 0 Å². The van der Waals surface area contributed by atoms with Gasteiger partial charge in [0.2, 0.25) is 0 Å². The number of likely N-dealkylation sites (N-methyl/N-ethyl adjacent to an activating group) is 1. The van der Waals surface area contributed by atoms with E-state index >= 15 is 0 Å². The first-order chi connectivity index (χ1) is 17.2. The number of benzene rings is 1. The van der Waals surface area contributed by atoms with Crippen molar-refractivity contribution in [3.05, 3.63) is 63.6 Å². The summed E-state index contributed by atoms with van der Waals surface area (Å²) in [5.41, 5.74) is 2.91. The van der Waals surface area contributed by atoms with E-state index in [9.17, 15) is 9.59 Å². The van der Waals surface area contributed by atoms with Gasteiger partial charge >= 0.3 is 0 Å². The molecule has 1 aromatic carbocycles. The summed E-state index contributed by atoms with van der Waals surface area (Å²) < 4.78 is 7.58. The highest BCUT2D eigenvalue weighted by Crippen LogP contribution is 2.30. The number of pyridine rings is 1. The molecule has 0 bridgehead atoms. The second-order valence-electron chi connectivity index (χ2n) is 10.6. The van der Waals surface area contributed by atoms with Crippen molar-refractivity contribution < 1.29 is 9.53 Å². The SMILES string of the molecule is Cc1cc(OCC(=O)N(C)C2CCN(C)CC2)cc(=O)n1C(C)[C@H](C)c1ccc(C#CC2CC2)cc1. The normalized spacial score (nSPS) is 18.1. The van der Waals surface area contributed by atoms with Crippen LogP contribution in [0, 0.1) is 24.7 Å². The summed E-state index contributed by atoms with van der Waals surface area (Å²) in [6, 6.07) is 11.9. The van der Waals surface area contributed by atoms with Crippen LogP contribution in [0.2, 0.25) is 0 Å². The van der Waals surface area contributed by atoms with Gasteiger partial charge in [-0.25, -0.2) is 0 Å². The summed E-state index contributed by atoms with van der Waals surface area (Å²) in [5, 5.41) is 0. The van der Waals surface area contributed by atoms with Gasteiger partial charge in [-0.2, -0.15) is 0 Å². The highest BCUT2D eigenvalue weighted by molar-refractivity contribution is 5.77. The molecule has 1 saturated heterocycles. The summed E-state index contributed by atoms with van der Waals surface area (Å²) >= 11 is 0. The molecule has 0 N–H and O–H groups in total. The number of aromatic nitrogens is 1. The number of carbonyl (C=O) groups is 1. The number of aryl methyl sites for hydroxylation is 1. The second-order valence-corrected chi connectivity index (χ2v) is 10.6. The summed E-state index contributed by atoms with van der Waals surface area (Å²) in [5.74, 6) is 7.67. The number of hydrogen-bond acceptors (Lipinski definition) is 4. The number of nitrogens with zero attached hydrogens (tertiary/aromatic N) is 3. The van der Waals surface area contributed by atoms with E-state index in [1.54, 1.807) is 4.90 Å². The van der Waals surface area contributed by atoms with Gasteiger partial charge in [0.15, 0.2) is 6.61 Å². The molecule has 1 aromatic heterocycles. The quantitative estimate of drug-likeness (QED) is 0.547. The van der Waals surface area contributed by atoms with Crippen molar-refractivity contribution in [2.75, 3.05) is 33.8 Å². The van der Waals surface area contributed by atoms with Crippen molar-refractivity contribution in [2.24, 2.45) is 5.92 Å². The molecule has 1 saturated carbocycles. The lowest BCUT2D eigenvalue weighted by molar-refractivity contribution is -0.135. The number of piperidine rings is 1. The molecular weight excluding hydrogens is 450 g/mol. The van der Waals surface area contributed by atoms with Crippen molar-refractivity contribution >= 4 is 5.91 Å². The molecule has 6 heteroatoms. The molecule has 0 radical (unpaired) electrons. The smallest absolute Gasteiger partial charge is 0.260 e. The first-order valence-electron chi connectivity index (χ1n) is 13.1. The lowest BCUT2D eigenvalue weighted by Gasteiger charge is -2.35. The summed E-state index contributed by atoms with van der Waals surface area (Å²) in [7, 11) is 3.95. The molecule has 0 spiro atoms. The molecule has 1 amide bonds. The standard InChI is InChI=1S/C30H39N3O3/c1-21-18-28(36-20-30(35)32(5)27-14-16-31(4)17-15-27)19-29(34)33(21)23(3)22(2)26-12-10-25(11-13-26)9-8-24-6-7-24/h10-13,18-19,22-24,27H,6-7,14-17,20H2,1-5H3/t22-,23?/m0/s1. The maximum absolute atomic E-state index is 13.1. The molecule has 4 rings (SSSR count). The lowest BCUT2D eigenvalue weighted by atomic mass is 9.93. The number of amides is 1. The van der Waals surface area contributed by atoms with E-state index in [0.717, 1.165) is 37.2 Å². The van der Waals surface area contributed by atoms with Crippen molar-refractivity contribution in [1.29, 1.82) is 0 Å². The van der Waals surface area contributed by atoms with Gasteiger partial charge in [0.1, 0.15) is 5.75 Å². The monoisotopic (exact) mass is 489 g/mol. The third kappa shape index (κ3) is 6.39. The average molecular weight is 490 g/mol. The van der Waals surface area contributed by atoms with Gasteiger partial charge in [-0.3, -0.25) is 9.59 Å². The Morgan fingerprint density at radius 2 is 1.78 bits per heavy atom. The zero-order valence-electron chi connectivity index (χ0n) is 22.3. The Balaban J connectivity index is 1.38. The molecule has 6 nitrogen and oxygen atoms in total. The fraction of sp³-hybridized carbons (Fsp3) is 0.533. The summed E-state index contributed by atoms with van der Waals surface area (Å²) in [4.78, 5) is 29.8. The predicted molar refractivity (Wildman–Crippen MR) is 143 cm³/mol. The maximum atomic E-state index is 13.1. The van der Waals surface area contributed by atoms with E-state index in [1.165, 1.54) is 24.5 Å². The van der Waals surface area contributed by atoms with E-state index in [0.29, 0.717) is 11.7 Å². The van der Waals surface area contributed by atoms with Gasteiger partial charge in [-0.05, 0) is 83.4 Å². The molecule has 1 aliphatic heterocycles. The minimum Gasteiger partial charge on any atom is -0.484 e. The Labute approximate surface area is 215 Å². The Bertz CT molecular complexity index is 1180. The Morgan fingerprint density at radius 3 is 2.39 bits per heavy atom. The zero-order chi connectivity index (χ0) is 25.8. The molecule has 1 aliphatic carbocycles. The largest absolute Gasteiger partial charge is 0.484 e. The van der Waals surface area contributed by atoms with Crippen molar-refractivity contribution in [2.45, 2.75) is 64.5 Å². The zero-order valence-corrected chi connectivity index (χ0v) is 22.3. The van der Waals surface area contributed by atoms with Crippen LogP contribution in [0.5, 0.6) is 5.75 Å².